The zero-order chi connectivity index (χ0) is 13.5. The summed E-state index contributed by atoms with van der Waals surface area (Å²) in [6.07, 6.45) is 0.205. The summed E-state index contributed by atoms with van der Waals surface area (Å²) < 4.78 is 4.81. The molecule has 18 heavy (non-hydrogen) atoms. The van der Waals surface area contributed by atoms with Crippen LogP contribution in [0.15, 0.2) is 24.3 Å². The van der Waals surface area contributed by atoms with Crippen molar-refractivity contribution in [2.24, 2.45) is 0 Å². The highest BCUT2D eigenvalue weighted by Gasteiger charge is 2.16. The number of hydrogen-bond donors (Lipinski definition) is 0. The Morgan fingerprint density at radius 3 is 2.72 bits per heavy atom. The van der Waals surface area contributed by atoms with Gasteiger partial charge >= 0.3 is 5.97 Å². The number of carbonyl (C=O) groups excluding carboxylic acids is 1. The number of nitro groups is 1. The number of esters is 1. The predicted octanol–water partition coefficient (Wildman–Crippen LogP) is 1.98. The van der Waals surface area contributed by atoms with Crippen LogP contribution < -0.4 is 4.90 Å². The fourth-order valence-electron chi connectivity index (χ4n) is 1.55. The Kier molecular flexibility index (Phi) is 5.10. The molecule has 0 aromatic heterocycles. The average molecular weight is 252 g/mol. The summed E-state index contributed by atoms with van der Waals surface area (Å²) in [6.45, 7) is 2.46. The second kappa shape index (κ2) is 6.58. The van der Waals surface area contributed by atoms with Gasteiger partial charge in [-0.05, 0) is 13.0 Å². The Bertz CT molecular complexity index is 434. The summed E-state index contributed by atoms with van der Waals surface area (Å²) >= 11 is 0. The van der Waals surface area contributed by atoms with Crippen LogP contribution in [0, 0.1) is 10.1 Å². The molecular formula is C12H16N2O4. The summed E-state index contributed by atoms with van der Waals surface area (Å²) in [6, 6.07) is 6.43. The molecule has 1 rings (SSSR count). The van der Waals surface area contributed by atoms with Gasteiger partial charge in [-0.1, -0.05) is 12.1 Å². The van der Waals surface area contributed by atoms with Gasteiger partial charge in [0.25, 0.3) is 5.69 Å². The van der Waals surface area contributed by atoms with Crippen molar-refractivity contribution < 1.29 is 14.5 Å². The Morgan fingerprint density at radius 1 is 1.44 bits per heavy atom. The second-order valence-electron chi connectivity index (χ2n) is 3.72. The highest BCUT2D eigenvalue weighted by atomic mass is 16.6. The Hall–Kier alpha value is -2.11. The van der Waals surface area contributed by atoms with Crippen molar-refractivity contribution in [3.63, 3.8) is 0 Å². The van der Waals surface area contributed by atoms with Gasteiger partial charge in [-0.15, -0.1) is 0 Å². The van der Waals surface area contributed by atoms with E-state index in [1.165, 1.54) is 6.07 Å². The topological polar surface area (TPSA) is 72.7 Å². The van der Waals surface area contributed by atoms with Gasteiger partial charge in [0, 0.05) is 19.7 Å². The van der Waals surface area contributed by atoms with Crippen molar-refractivity contribution in [2.75, 3.05) is 25.1 Å². The minimum Gasteiger partial charge on any atom is -0.466 e. The molecule has 0 amide bonds. The van der Waals surface area contributed by atoms with Gasteiger partial charge in [0.1, 0.15) is 5.69 Å². The first-order chi connectivity index (χ1) is 8.56. The van der Waals surface area contributed by atoms with E-state index in [1.54, 1.807) is 37.1 Å². The lowest BCUT2D eigenvalue weighted by Gasteiger charge is -2.18. The van der Waals surface area contributed by atoms with Crippen LogP contribution in [0.5, 0.6) is 0 Å². The number of hydrogen-bond acceptors (Lipinski definition) is 5. The molecule has 0 atom stereocenters. The predicted molar refractivity (Wildman–Crippen MR) is 67.6 cm³/mol. The van der Waals surface area contributed by atoms with Crippen molar-refractivity contribution in [2.45, 2.75) is 13.3 Å². The Morgan fingerprint density at radius 2 is 2.11 bits per heavy atom. The maximum atomic E-state index is 11.2. The van der Waals surface area contributed by atoms with Gasteiger partial charge in [-0.3, -0.25) is 14.9 Å². The van der Waals surface area contributed by atoms with Crippen LogP contribution in [0.3, 0.4) is 0 Å². The smallest absolute Gasteiger partial charge is 0.307 e. The number of para-hydroxylation sites is 2. The number of anilines is 1. The van der Waals surface area contributed by atoms with Gasteiger partial charge in [0.05, 0.1) is 18.0 Å². The van der Waals surface area contributed by atoms with Crippen LogP contribution in [-0.2, 0) is 9.53 Å². The monoisotopic (exact) mass is 252 g/mol. The number of benzene rings is 1. The fourth-order valence-corrected chi connectivity index (χ4v) is 1.55. The number of nitrogens with zero attached hydrogens (tertiary/aromatic N) is 2. The summed E-state index contributed by atoms with van der Waals surface area (Å²) in [5, 5.41) is 10.9. The van der Waals surface area contributed by atoms with Crippen molar-refractivity contribution in [3.05, 3.63) is 34.4 Å². The maximum Gasteiger partial charge on any atom is 0.307 e. The molecule has 0 aliphatic carbocycles. The van der Waals surface area contributed by atoms with E-state index in [9.17, 15) is 14.9 Å². The first kappa shape index (κ1) is 14.0. The molecule has 0 saturated carbocycles. The van der Waals surface area contributed by atoms with Crippen LogP contribution in [0.25, 0.3) is 0 Å². The lowest BCUT2D eigenvalue weighted by atomic mass is 10.2. The number of ether oxygens (including phenoxy) is 1. The SMILES string of the molecule is CCOC(=O)CCN(C)c1ccccc1[N+](=O)[O-]. The maximum absolute atomic E-state index is 11.2. The summed E-state index contributed by atoms with van der Waals surface area (Å²) in [7, 11) is 1.71. The minimum absolute atomic E-state index is 0.0314. The highest BCUT2D eigenvalue weighted by Crippen LogP contribution is 2.26. The quantitative estimate of drug-likeness (QED) is 0.439. The molecule has 6 nitrogen and oxygen atoms in total. The van der Waals surface area contributed by atoms with Crippen LogP contribution in [0.4, 0.5) is 11.4 Å². The number of carbonyl (C=O) groups is 1. The van der Waals surface area contributed by atoms with E-state index in [0.29, 0.717) is 18.8 Å². The molecule has 0 spiro atoms. The molecule has 0 aliphatic heterocycles. The van der Waals surface area contributed by atoms with Crippen LogP contribution in [-0.4, -0.2) is 31.1 Å². The van der Waals surface area contributed by atoms with Gasteiger partial charge in [0.15, 0.2) is 0 Å². The van der Waals surface area contributed by atoms with Gasteiger partial charge in [-0.25, -0.2) is 0 Å². The first-order valence-electron chi connectivity index (χ1n) is 5.66. The summed E-state index contributed by atoms with van der Waals surface area (Å²) in [4.78, 5) is 23.3. The summed E-state index contributed by atoms with van der Waals surface area (Å²) in [5.41, 5.74) is 0.524. The van der Waals surface area contributed by atoms with Gasteiger partial charge < -0.3 is 9.64 Å². The van der Waals surface area contributed by atoms with Gasteiger partial charge in [0.2, 0.25) is 0 Å². The fraction of sp³-hybridized carbons (Fsp3) is 0.417. The number of nitro benzene ring substituents is 1. The molecule has 0 heterocycles. The standard InChI is InChI=1S/C12H16N2O4/c1-3-18-12(15)8-9-13(2)10-6-4-5-7-11(10)14(16)17/h4-7H,3,8-9H2,1-2H3. The molecule has 0 saturated heterocycles. The third kappa shape index (κ3) is 3.73. The lowest BCUT2D eigenvalue weighted by Crippen LogP contribution is -2.22. The molecule has 0 aliphatic rings. The molecular weight excluding hydrogens is 236 g/mol. The average Bonchev–Trinajstić information content (AvgIpc) is 2.36. The summed E-state index contributed by atoms with van der Waals surface area (Å²) in [5.74, 6) is -0.303. The van der Waals surface area contributed by atoms with Crippen LogP contribution >= 0.6 is 0 Å². The molecule has 1 aromatic carbocycles. The van der Waals surface area contributed by atoms with Crippen molar-refractivity contribution in [3.8, 4) is 0 Å². The van der Waals surface area contributed by atoms with E-state index in [1.807, 2.05) is 0 Å². The first-order valence-corrected chi connectivity index (χ1v) is 5.66. The third-order valence-corrected chi connectivity index (χ3v) is 2.45. The molecule has 98 valence electrons. The van der Waals surface area contributed by atoms with Gasteiger partial charge in [-0.2, -0.15) is 0 Å². The van der Waals surface area contributed by atoms with E-state index in [4.69, 9.17) is 4.74 Å². The molecule has 0 bridgehead atoms. The zero-order valence-electron chi connectivity index (χ0n) is 10.5. The largest absolute Gasteiger partial charge is 0.466 e. The highest BCUT2D eigenvalue weighted by molar-refractivity contribution is 5.71. The third-order valence-electron chi connectivity index (χ3n) is 2.45. The molecule has 0 unspecified atom stereocenters. The van der Waals surface area contributed by atoms with Crippen LogP contribution in [0.1, 0.15) is 13.3 Å². The molecule has 0 fully saturated rings. The molecule has 0 N–H and O–H groups in total. The Balaban J connectivity index is 2.69. The molecule has 1 aromatic rings. The van der Waals surface area contributed by atoms with E-state index >= 15 is 0 Å². The van der Waals surface area contributed by atoms with E-state index in [-0.39, 0.29) is 18.1 Å². The van der Waals surface area contributed by atoms with E-state index in [2.05, 4.69) is 0 Å². The second-order valence-corrected chi connectivity index (χ2v) is 3.72. The van der Waals surface area contributed by atoms with E-state index in [0.717, 1.165) is 0 Å². The minimum atomic E-state index is -0.434. The Labute approximate surface area is 105 Å². The van der Waals surface area contributed by atoms with Crippen molar-refractivity contribution in [1.82, 2.24) is 0 Å². The van der Waals surface area contributed by atoms with E-state index < -0.39 is 4.92 Å². The van der Waals surface area contributed by atoms with Crippen LogP contribution in [0.2, 0.25) is 0 Å². The normalized spacial score (nSPS) is 9.89. The van der Waals surface area contributed by atoms with Crippen molar-refractivity contribution >= 4 is 17.3 Å². The lowest BCUT2D eigenvalue weighted by molar-refractivity contribution is -0.384. The molecule has 0 radical (unpaired) electrons. The number of rotatable bonds is 6. The zero-order valence-corrected chi connectivity index (χ0v) is 10.5. The molecule has 6 heteroatoms. The van der Waals surface area contributed by atoms with Crippen molar-refractivity contribution in [1.29, 1.82) is 0 Å².